The van der Waals surface area contributed by atoms with Gasteiger partial charge in [-0.3, -0.25) is 9.59 Å². The standard InChI is InChI=1S/C19H18F2N2O2/c1-22-19(25)15-5-2-13(3-6-15)4-7-18(24)23-9-8-14-10-16(20)12-17(21)11-14/h2-7,10-12H,8-9H2,1H3,(H,22,25)(H,23,24). The number of carbonyl (C=O) groups is 2. The van der Waals surface area contributed by atoms with Gasteiger partial charge in [-0.2, -0.15) is 0 Å². The first-order chi connectivity index (χ1) is 12.0. The third-order valence-corrected chi connectivity index (χ3v) is 3.46. The molecule has 2 aromatic rings. The number of nitrogens with one attached hydrogen (secondary N) is 2. The highest BCUT2D eigenvalue weighted by Gasteiger charge is 2.03. The zero-order chi connectivity index (χ0) is 18.2. The molecule has 0 aliphatic heterocycles. The summed E-state index contributed by atoms with van der Waals surface area (Å²) in [5, 5.41) is 5.17. The molecule has 0 spiro atoms. The van der Waals surface area contributed by atoms with Crippen molar-refractivity contribution in [1.82, 2.24) is 10.6 Å². The molecule has 2 aromatic carbocycles. The number of carbonyl (C=O) groups excluding carboxylic acids is 2. The number of hydrogen-bond acceptors (Lipinski definition) is 2. The Kier molecular flexibility index (Phi) is 6.39. The fraction of sp³-hybridized carbons (Fsp3) is 0.158. The highest BCUT2D eigenvalue weighted by atomic mass is 19.1. The van der Waals surface area contributed by atoms with Crippen molar-refractivity contribution in [3.8, 4) is 0 Å². The number of hydrogen-bond donors (Lipinski definition) is 2. The maximum absolute atomic E-state index is 13.1. The van der Waals surface area contributed by atoms with E-state index in [1.54, 1.807) is 37.4 Å². The van der Waals surface area contributed by atoms with Crippen LogP contribution in [0.2, 0.25) is 0 Å². The molecule has 0 unspecified atom stereocenters. The largest absolute Gasteiger partial charge is 0.355 e. The Labute approximate surface area is 144 Å². The third kappa shape index (κ3) is 5.84. The molecular formula is C19H18F2N2O2. The smallest absolute Gasteiger partial charge is 0.251 e. The van der Waals surface area contributed by atoms with Crippen molar-refractivity contribution in [2.45, 2.75) is 6.42 Å². The summed E-state index contributed by atoms with van der Waals surface area (Å²) in [5.41, 5.74) is 1.79. The van der Waals surface area contributed by atoms with Crippen LogP contribution in [0.25, 0.3) is 6.08 Å². The fourth-order valence-corrected chi connectivity index (χ4v) is 2.21. The number of amides is 2. The summed E-state index contributed by atoms with van der Waals surface area (Å²) < 4.78 is 26.1. The van der Waals surface area contributed by atoms with Gasteiger partial charge >= 0.3 is 0 Å². The van der Waals surface area contributed by atoms with Crippen molar-refractivity contribution < 1.29 is 18.4 Å². The minimum Gasteiger partial charge on any atom is -0.355 e. The normalized spacial score (nSPS) is 10.7. The molecule has 25 heavy (non-hydrogen) atoms. The molecule has 0 atom stereocenters. The van der Waals surface area contributed by atoms with Crippen LogP contribution in [-0.4, -0.2) is 25.4 Å². The number of rotatable bonds is 6. The summed E-state index contributed by atoms with van der Waals surface area (Å²) in [4.78, 5) is 23.2. The lowest BCUT2D eigenvalue weighted by Crippen LogP contribution is -2.23. The maximum atomic E-state index is 13.1. The average molecular weight is 344 g/mol. The highest BCUT2D eigenvalue weighted by Crippen LogP contribution is 2.08. The molecule has 0 saturated heterocycles. The van der Waals surface area contributed by atoms with E-state index in [1.807, 2.05) is 0 Å². The predicted molar refractivity (Wildman–Crippen MR) is 91.9 cm³/mol. The van der Waals surface area contributed by atoms with E-state index >= 15 is 0 Å². The van der Waals surface area contributed by atoms with Gasteiger partial charge in [0.25, 0.3) is 5.91 Å². The second-order valence-corrected chi connectivity index (χ2v) is 5.35. The van der Waals surface area contributed by atoms with E-state index in [0.29, 0.717) is 17.5 Å². The maximum Gasteiger partial charge on any atom is 0.251 e. The van der Waals surface area contributed by atoms with Gasteiger partial charge in [-0.1, -0.05) is 12.1 Å². The molecule has 2 N–H and O–H groups in total. The minimum atomic E-state index is -0.638. The van der Waals surface area contributed by atoms with Crippen LogP contribution in [0.1, 0.15) is 21.5 Å². The third-order valence-electron chi connectivity index (χ3n) is 3.46. The molecule has 0 saturated carbocycles. The molecule has 0 aliphatic rings. The summed E-state index contributed by atoms with van der Waals surface area (Å²) in [6, 6.07) is 10.1. The van der Waals surface area contributed by atoms with Crippen LogP contribution in [0.15, 0.2) is 48.5 Å². The molecule has 130 valence electrons. The molecule has 0 heterocycles. The first-order valence-corrected chi connectivity index (χ1v) is 7.71. The van der Waals surface area contributed by atoms with E-state index in [4.69, 9.17) is 0 Å². The zero-order valence-corrected chi connectivity index (χ0v) is 13.7. The Morgan fingerprint density at radius 3 is 2.28 bits per heavy atom. The van der Waals surface area contributed by atoms with Crippen molar-refractivity contribution in [3.63, 3.8) is 0 Å². The van der Waals surface area contributed by atoms with E-state index in [1.165, 1.54) is 18.2 Å². The van der Waals surface area contributed by atoms with Crippen molar-refractivity contribution in [3.05, 3.63) is 76.9 Å². The topological polar surface area (TPSA) is 58.2 Å². The first-order valence-electron chi connectivity index (χ1n) is 7.71. The summed E-state index contributed by atoms with van der Waals surface area (Å²) in [6.07, 6.45) is 3.31. The molecule has 4 nitrogen and oxygen atoms in total. The molecule has 0 aliphatic carbocycles. The molecule has 0 fully saturated rings. The lowest BCUT2D eigenvalue weighted by atomic mass is 10.1. The molecule has 0 bridgehead atoms. The quantitative estimate of drug-likeness (QED) is 0.792. The summed E-state index contributed by atoms with van der Waals surface area (Å²) in [7, 11) is 1.55. The van der Waals surface area contributed by atoms with Crippen molar-refractivity contribution in [1.29, 1.82) is 0 Å². The van der Waals surface area contributed by atoms with Gasteiger partial charge in [0.2, 0.25) is 5.91 Å². The van der Waals surface area contributed by atoms with Crippen LogP contribution in [0.4, 0.5) is 8.78 Å². The van der Waals surface area contributed by atoms with E-state index < -0.39 is 11.6 Å². The molecule has 0 aromatic heterocycles. The lowest BCUT2D eigenvalue weighted by Gasteiger charge is -2.04. The van der Waals surface area contributed by atoms with Gasteiger partial charge in [0.1, 0.15) is 11.6 Å². The minimum absolute atomic E-state index is 0.179. The Hall–Kier alpha value is -3.02. The number of benzene rings is 2. The molecule has 0 radical (unpaired) electrons. The van der Waals surface area contributed by atoms with Gasteiger partial charge in [-0.25, -0.2) is 8.78 Å². The Bertz CT molecular complexity index is 766. The summed E-state index contributed by atoms with van der Waals surface area (Å²) in [6.45, 7) is 0.266. The summed E-state index contributed by atoms with van der Waals surface area (Å²) >= 11 is 0. The van der Waals surface area contributed by atoms with Crippen molar-refractivity contribution in [2.24, 2.45) is 0 Å². The van der Waals surface area contributed by atoms with Crippen LogP contribution in [-0.2, 0) is 11.2 Å². The zero-order valence-electron chi connectivity index (χ0n) is 13.7. The first kappa shape index (κ1) is 18.3. The highest BCUT2D eigenvalue weighted by molar-refractivity contribution is 5.94. The Morgan fingerprint density at radius 1 is 1.04 bits per heavy atom. The molecule has 6 heteroatoms. The monoisotopic (exact) mass is 344 g/mol. The lowest BCUT2D eigenvalue weighted by molar-refractivity contribution is -0.116. The van der Waals surface area contributed by atoms with Crippen LogP contribution >= 0.6 is 0 Å². The van der Waals surface area contributed by atoms with E-state index in [2.05, 4.69) is 10.6 Å². The van der Waals surface area contributed by atoms with E-state index in [9.17, 15) is 18.4 Å². The van der Waals surface area contributed by atoms with Crippen LogP contribution in [0, 0.1) is 11.6 Å². The van der Waals surface area contributed by atoms with Crippen molar-refractivity contribution in [2.75, 3.05) is 13.6 Å². The molecule has 2 amide bonds. The van der Waals surface area contributed by atoms with Crippen LogP contribution in [0.3, 0.4) is 0 Å². The SMILES string of the molecule is CNC(=O)c1ccc(C=CC(=O)NCCc2cc(F)cc(F)c2)cc1. The average Bonchev–Trinajstić information content (AvgIpc) is 2.59. The number of halogens is 2. The Morgan fingerprint density at radius 2 is 1.68 bits per heavy atom. The second-order valence-electron chi connectivity index (χ2n) is 5.35. The van der Waals surface area contributed by atoms with Gasteiger partial charge in [-0.05, 0) is 47.9 Å². The van der Waals surface area contributed by atoms with Gasteiger partial charge in [0.15, 0.2) is 0 Å². The molecular weight excluding hydrogens is 326 g/mol. The van der Waals surface area contributed by atoms with Gasteiger partial charge in [-0.15, -0.1) is 0 Å². The van der Waals surface area contributed by atoms with Gasteiger partial charge in [0.05, 0.1) is 0 Å². The molecule has 2 rings (SSSR count). The van der Waals surface area contributed by atoms with Gasteiger partial charge < -0.3 is 10.6 Å². The second kappa shape index (κ2) is 8.73. The van der Waals surface area contributed by atoms with E-state index in [-0.39, 0.29) is 18.4 Å². The van der Waals surface area contributed by atoms with Crippen LogP contribution < -0.4 is 10.6 Å². The Balaban J connectivity index is 1.83. The fourth-order valence-electron chi connectivity index (χ4n) is 2.21. The summed E-state index contributed by atoms with van der Waals surface area (Å²) in [5.74, 6) is -1.77. The predicted octanol–water partition coefficient (Wildman–Crippen LogP) is 2.70. The van der Waals surface area contributed by atoms with Gasteiger partial charge in [0, 0.05) is 31.3 Å². The van der Waals surface area contributed by atoms with Crippen molar-refractivity contribution >= 4 is 17.9 Å². The van der Waals surface area contributed by atoms with E-state index in [0.717, 1.165) is 11.6 Å². The van der Waals surface area contributed by atoms with Crippen LogP contribution in [0.5, 0.6) is 0 Å².